The van der Waals surface area contributed by atoms with Crippen molar-refractivity contribution in [3.63, 3.8) is 0 Å². The molecule has 0 aliphatic rings. The van der Waals surface area contributed by atoms with E-state index in [1.165, 1.54) is 19.1 Å². The highest BCUT2D eigenvalue weighted by Gasteiger charge is 2.31. The molecule has 16 heavy (non-hydrogen) atoms. The maximum absolute atomic E-state index is 11.9. The lowest BCUT2D eigenvalue weighted by Crippen LogP contribution is -2.17. The highest BCUT2D eigenvalue weighted by atomic mass is 79.9. The Labute approximate surface area is 97.3 Å². The van der Waals surface area contributed by atoms with Crippen LogP contribution < -0.4 is 9.47 Å². The van der Waals surface area contributed by atoms with Crippen LogP contribution in [0.25, 0.3) is 0 Å². The SMILES string of the molecule is CC(=O)Oc1ccc(OC(F)(F)F)c(Br)c1. The van der Waals surface area contributed by atoms with Gasteiger partial charge in [-0.3, -0.25) is 4.79 Å². The van der Waals surface area contributed by atoms with E-state index in [0.29, 0.717) is 0 Å². The molecule has 0 heterocycles. The summed E-state index contributed by atoms with van der Waals surface area (Å²) in [7, 11) is 0. The number of halogens is 4. The first-order valence-corrected chi connectivity index (χ1v) is 4.81. The summed E-state index contributed by atoms with van der Waals surface area (Å²) in [5.74, 6) is -0.825. The van der Waals surface area contributed by atoms with E-state index < -0.39 is 18.1 Å². The molecule has 1 aromatic carbocycles. The second kappa shape index (κ2) is 4.73. The molecule has 88 valence electrons. The molecule has 0 atom stereocenters. The fraction of sp³-hybridized carbons (Fsp3) is 0.222. The van der Waals surface area contributed by atoms with E-state index in [2.05, 4.69) is 25.4 Å². The fourth-order valence-electron chi connectivity index (χ4n) is 0.918. The van der Waals surface area contributed by atoms with E-state index in [1.54, 1.807) is 0 Å². The summed E-state index contributed by atoms with van der Waals surface area (Å²) in [5, 5.41) is 0. The van der Waals surface area contributed by atoms with Crippen molar-refractivity contribution in [1.29, 1.82) is 0 Å². The number of carbonyl (C=O) groups is 1. The maximum Gasteiger partial charge on any atom is 0.573 e. The smallest absolute Gasteiger partial charge is 0.427 e. The standard InChI is InChI=1S/C9H6BrF3O3/c1-5(14)15-6-2-3-8(7(10)4-6)16-9(11,12)13/h2-4H,1H3. The molecule has 0 bridgehead atoms. The average molecular weight is 299 g/mol. The van der Waals surface area contributed by atoms with Crippen molar-refractivity contribution in [2.24, 2.45) is 0 Å². The molecule has 0 saturated heterocycles. The van der Waals surface area contributed by atoms with Crippen LogP contribution in [0.5, 0.6) is 11.5 Å². The number of alkyl halides is 3. The van der Waals surface area contributed by atoms with Gasteiger partial charge in [0.15, 0.2) is 0 Å². The minimum atomic E-state index is -4.76. The van der Waals surface area contributed by atoms with Crippen LogP contribution >= 0.6 is 15.9 Å². The molecular formula is C9H6BrF3O3. The van der Waals surface area contributed by atoms with Gasteiger partial charge in [0.05, 0.1) is 4.47 Å². The lowest BCUT2D eigenvalue weighted by molar-refractivity contribution is -0.274. The zero-order chi connectivity index (χ0) is 12.3. The third-order valence-electron chi connectivity index (χ3n) is 1.39. The van der Waals surface area contributed by atoms with Gasteiger partial charge in [0.1, 0.15) is 11.5 Å². The monoisotopic (exact) mass is 298 g/mol. The second-order valence-electron chi connectivity index (χ2n) is 2.73. The molecule has 0 fully saturated rings. The van der Waals surface area contributed by atoms with Crippen molar-refractivity contribution in [2.75, 3.05) is 0 Å². The first kappa shape index (κ1) is 12.8. The van der Waals surface area contributed by atoms with Crippen LogP contribution in [0.3, 0.4) is 0 Å². The number of benzene rings is 1. The first-order valence-electron chi connectivity index (χ1n) is 4.01. The third-order valence-corrected chi connectivity index (χ3v) is 2.01. The maximum atomic E-state index is 11.9. The molecule has 0 aromatic heterocycles. The molecule has 0 saturated carbocycles. The lowest BCUT2D eigenvalue weighted by Gasteiger charge is -2.11. The van der Waals surface area contributed by atoms with E-state index in [0.717, 1.165) is 6.07 Å². The first-order chi connectivity index (χ1) is 7.28. The number of carbonyl (C=O) groups excluding carboxylic acids is 1. The van der Waals surface area contributed by atoms with Crippen LogP contribution in [0.2, 0.25) is 0 Å². The van der Waals surface area contributed by atoms with E-state index in [-0.39, 0.29) is 10.2 Å². The summed E-state index contributed by atoms with van der Waals surface area (Å²) >= 11 is 2.87. The number of rotatable bonds is 2. The molecule has 1 aromatic rings. The molecule has 0 aliphatic heterocycles. The molecule has 0 radical (unpaired) electrons. The van der Waals surface area contributed by atoms with Gasteiger partial charge in [-0.25, -0.2) is 0 Å². The Kier molecular flexibility index (Phi) is 3.79. The largest absolute Gasteiger partial charge is 0.573 e. The molecule has 1 rings (SSSR count). The third kappa shape index (κ3) is 4.09. The van der Waals surface area contributed by atoms with Gasteiger partial charge in [0, 0.05) is 6.92 Å². The van der Waals surface area contributed by atoms with Crippen molar-refractivity contribution in [1.82, 2.24) is 0 Å². The summed E-state index contributed by atoms with van der Waals surface area (Å²) < 4.78 is 44.1. The molecule has 0 spiro atoms. The molecule has 3 nitrogen and oxygen atoms in total. The molecule has 0 unspecified atom stereocenters. The Morgan fingerprint density at radius 2 is 2.00 bits per heavy atom. The molecular weight excluding hydrogens is 293 g/mol. The molecule has 7 heteroatoms. The van der Waals surface area contributed by atoms with E-state index in [4.69, 9.17) is 0 Å². The van der Waals surface area contributed by atoms with E-state index >= 15 is 0 Å². The number of esters is 1. The Hall–Kier alpha value is -1.24. The predicted octanol–water partition coefficient (Wildman–Crippen LogP) is 3.27. The van der Waals surface area contributed by atoms with Crippen LogP contribution in [-0.2, 0) is 4.79 Å². The summed E-state index contributed by atoms with van der Waals surface area (Å²) in [6.07, 6.45) is -4.76. The summed E-state index contributed by atoms with van der Waals surface area (Å²) in [6, 6.07) is 3.46. The Balaban J connectivity index is 2.87. The van der Waals surface area contributed by atoms with E-state index in [9.17, 15) is 18.0 Å². The highest BCUT2D eigenvalue weighted by Crippen LogP contribution is 2.33. The molecule has 0 aliphatic carbocycles. The Morgan fingerprint density at radius 1 is 1.38 bits per heavy atom. The summed E-state index contributed by atoms with van der Waals surface area (Å²) in [6.45, 7) is 1.19. The lowest BCUT2D eigenvalue weighted by atomic mass is 10.3. The van der Waals surface area contributed by atoms with Gasteiger partial charge in [0.2, 0.25) is 0 Å². The van der Waals surface area contributed by atoms with Gasteiger partial charge in [-0.2, -0.15) is 0 Å². The van der Waals surface area contributed by atoms with Crippen molar-refractivity contribution in [3.8, 4) is 11.5 Å². The van der Waals surface area contributed by atoms with Crippen LogP contribution in [0.4, 0.5) is 13.2 Å². The Morgan fingerprint density at radius 3 is 2.44 bits per heavy atom. The van der Waals surface area contributed by atoms with Crippen LogP contribution in [0, 0.1) is 0 Å². The normalized spacial score (nSPS) is 11.1. The topological polar surface area (TPSA) is 35.5 Å². The highest BCUT2D eigenvalue weighted by molar-refractivity contribution is 9.10. The fourth-order valence-corrected chi connectivity index (χ4v) is 1.36. The number of hydrogen-bond acceptors (Lipinski definition) is 3. The van der Waals surface area contributed by atoms with Gasteiger partial charge in [0.25, 0.3) is 0 Å². The Bertz CT molecular complexity index is 403. The van der Waals surface area contributed by atoms with Crippen LogP contribution in [0.15, 0.2) is 22.7 Å². The van der Waals surface area contributed by atoms with Crippen LogP contribution in [0.1, 0.15) is 6.92 Å². The summed E-state index contributed by atoms with van der Waals surface area (Å²) in [5.41, 5.74) is 0. The molecule has 0 N–H and O–H groups in total. The van der Waals surface area contributed by atoms with Crippen LogP contribution in [-0.4, -0.2) is 12.3 Å². The van der Waals surface area contributed by atoms with Crippen molar-refractivity contribution >= 4 is 21.9 Å². The quantitative estimate of drug-likeness (QED) is 0.621. The second-order valence-corrected chi connectivity index (χ2v) is 3.59. The van der Waals surface area contributed by atoms with Gasteiger partial charge < -0.3 is 9.47 Å². The minimum Gasteiger partial charge on any atom is -0.427 e. The molecule has 0 amide bonds. The number of hydrogen-bond donors (Lipinski definition) is 0. The summed E-state index contributed by atoms with van der Waals surface area (Å²) in [4.78, 5) is 10.6. The van der Waals surface area contributed by atoms with Gasteiger partial charge in [-0.1, -0.05) is 0 Å². The zero-order valence-corrected chi connectivity index (χ0v) is 9.55. The van der Waals surface area contributed by atoms with E-state index in [1.807, 2.05) is 0 Å². The van der Waals surface area contributed by atoms with Gasteiger partial charge in [-0.05, 0) is 34.1 Å². The van der Waals surface area contributed by atoms with Crippen molar-refractivity contribution in [2.45, 2.75) is 13.3 Å². The predicted molar refractivity (Wildman–Crippen MR) is 52.1 cm³/mol. The van der Waals surface area contributed by atoms with Crippen molar-refractivity contribution in [3.05, 3.63) is 22.7 Å². The van der Waals surface area contributed by atoms with Crippen molar-refractivity contribution < 1.29 is 27.4 Å². The average Bonchev–Trinajstić information content (AvgIpc) is 2.06. The number of ether oxygens (including phenoxy) is 2. The van der Waals surface area contributed by atoms with Gasteiger partial charge in [-0.15, -0.1) is 13.2 Å². The minimum absolute atomic E-state index is 0.0450. The zero-order valence-electron chi connectivity index (χ0n) is 7.97. The van der Waals surface area contributed by atoms with Gasteiger partial charge >= 0.3 is 12.3 Å².